The Morgan fingerprint density at radius 1 is 1.26 bits per heavy atom. The molecular weight excluding hydrogens is 288 g/mol. The fourth-order valence-corrected chi connectivity index (χ4v) is 3.72. The van der Waals surface area contributed by atoms with Crippen molar-refractivity contribution in [3.05, 3.63) is 35.9 Å². The summed E-state index contributed by atoms with van der Waals surface area (Å²) in [4.78, 5) is 14.8. The fraction of sp³-hybridized carbons (Fsp3) is 0.632. The van der Waals surface area contributed by atoms with Crippen LogP contribution in [0.1, 0.15) is 50.1 Å². The van der Waals surface area contributed by atoms with E-state index in [2.05, 4.69) is 22.3 Å². The Morgan fingerprint density at radius 2 is 2.04 bits per heavy atom. The zero-order valence-corrected chi connectivity index (χ0v) is 13.8. The molecule has 1 aromatic carbocycles. The molecule has 0 spiro atoms. The van der Waals surface area contributed by atoms with Crippen LogP contribution in [0.15, 0.2) is 30.3 Å². The molecule has 1 aliphatic heterocycles. The van der Waals surface area contributed by atoms with Crippen LogP contribution in [0.3, 0.4) is 0 Å². The van der Waals surface area contributed by atoms with Gasteiger partial charge in [0.2, 0.25) is 5.91 Å². The first-order chi connectivity index (χ1) is 11.3. The molecule has 2 fully saturated rings. The molecule has 4 nitrogen and oxygen atoms in total. The molecular formula is C19H28N2O2. The number of carbonyl (C=O) groups excluding carboxylic acids is 1. The van der Waals surface area contributed by atoms with Crippen molar-refractivity contribution in [3.8, 4) is 0 Å². The minimum atomic E-state index is 0.140. The number of aliphatic hydroxyl groups excluding tert-OH is 1. The van der Waals surface area contributed by atoms with E-state index in [1.165, 1.54) is 18.4 Å². The minimum Gasteiger partial charge on any atom is -0.396 e. The number of hydrogen-bond acceptors (Lipinski definition) is 3. The average Bonchev–Trinajstić information content (AvgIpc) is 3.32. The third kappa shape index (κ3) is 4.55. The molecule has 1 saturated carbocycles. The maximum absolute atomic E-state index is 12.5. The number of hydrogen-bond donors (Lipinski definition) is 2. The van der Waals surface area contributed by atoms with Crippen molar-refractivity contribution in [1.82, 2.24) is 10.2 Å². The molecule has 3 rings (SSSR count). The van der Waals surface area contributed by atoms with E-state index in [-0.39, 0.29) is 18.6 Å². The van der Waals surface area contributed by atoms with Gasteiger partial charge in [-0.05, 0) is 56.6 Å². The number of amides is 1. The second-order valence-corrected chi connectivity index (χ2v) is 6.93. The van der Waals surface area contributed by atoms with E-state index >= 15 is 0 Å². The zero-order chi connectivity index (χ0) is 16.1. The lowest BCUT2D eigenvalue weighted by Crippen LogP contribution is -2.41. The molecule has 0 aromatic heterocycles. The fourth-order valence-electron chi connectivity index (χ4n) is 3.72. The first-order valence-corrected chi connectivity index (χ1v) is 8.97. The highest BCUT2D eigenvalue weighted by molar-refractivity contribution is 5.78. The predicted octanol–water partition coefficient (Wildman–Crippen LogP) is 2.49. The number of benzene rings is 1. The Balaban J connectivity index is 1.55. The second kappa shape index (κ2) is 7.93. The summed E-state index contributed by atoms with van der Waals surface area (Å²) < 4.78 is 0. The lowest BCUT2D eigenvalue weighted by Gasteiger charge is -2.25. The molecule has 2 aliphatic rings. The third-order valence-corrected chi connectivity index (χ3v) is 5.11. The van der Waals surface area contributed by atoms with Crippen molar-refractivity contribution in [3.63, 3.8) is 0 Å². The van der Waals surface area contributed by atoms with Crippen LogP contribution in [0, 0.1) is 5.92 Å². The van der Waals surface area contributed by atoms with Gasteiger partial charge in [0.25, 0.3) is 0 Å². The van der Waals surface area contributed by atoms with Crippen molar-refractivity contribution in [1.29, 1.82) is 0 Å². The summed E-state index contributed by atoms with van der Waals surface area (Å²) >= 11 is 0. The van der Waals surface area contributed by atoms with Crippen LogP contribution < -0.4 is 5.32 Å². The van der Waals surface area contributed by atoms with Crippen molar-refractivity contribution in [2.45, 2.75) is 50.6 Å². The number of carbonyl (C=O) groups is 1. The van der Waals surface area contributed by atoms with E-state index in [9.17, 15) is 4.79 Å². The molecule has 2 unspecified atom stereocenters. The molecule has 1 amide bonds. The molecule has 4 heteroatoms. The van der Waals surface area contributed by atoms with Gasteiger partial charge in [0.15, 0.2) is 0 Å². The Bertz CT molecular complexity index is 501. The summed E-state index contributed by atoms with van der Waals surface area (Å²) in [6.07, 6.45) is 6.56. The monoisotopic (exact) mass is 316 g/mol. The smallest absolute Gasteiger partial charge is 0.234 e. The molecule has 126 valence electrons. The van der Waals surface area contributed by atoms with Crippen molar-refractivity contribution >= 4 is 5.91 Å². The third-order valence-electron chi connectivity index (χ3n) is 5.11. The van der Waals surface area contributed by atoms with Crippen molar-refractivity contribution in [2.75, 3.05) is 19.7 Å². The van der Waals surface area contributed by atoms with Gasteiger partial charge in [-0.1, -0.05) is 30.3 Å². The molecule has 1 aliphatic carbocycles. The van der Waals surface area contributed by atoms with Gasteiger partial charge in [0.1, 0.15) is 0 Å². The second-order valence-electron chi connectivity index (χ2n) is 6.93. The SMILES string of the molecule is O=C(CN1CCCC1CCCO)NC(c1ccccc1)C1CC1. The lowest BCUT2D eigenvalue weighted by atomic mass is 10.0. The summed E-state index contributed by atoms with van der Waals surface area (Å²) in [5, 5.41) is 12.3. The Morgan fingerprint density at radius 3 is 2.74 bits per heavy atom. The first kappa shape index (κ1) is 16.5. The van der Waals surface area contributed by atoms with Crippen LogP contribution in [-0.4, -0.2) is 41.7 Å². The molecule has 23 heavy (non-hydrogen) atoms. The van der Waals surface area contributed by atoms with E-state index in [4.69, 9.17) is 5.11 Å². The van der Waals surface area contributed by atoms with Gasteiger partial charge in [0.05, 0.1) is 12.6 Å². The average molecular weight is 316 g/mol. The minimum absolute atomic E-state index is 0.140. The van der Waals surface area contributed by atoms with Gasteiger partial charge in [-0.3, -0.25) is 9.69 Å². The number of aliphatic hydroxyl groups is 1. The van der Waals surface area contributed by atoms with E-state index in [0.29, 0.717) is 18.5 Å². The predicted molar refractivity (Wildman–Crippen MR) is 91.0 cm³/mol. The highest BCUT2D eigenvalue weighted by Gasteiger charge is 2.34. The van der Waals surface area contributed by atoms with Gasteiger partial charge in [-0.15, -0.1) is 0 Å². The lowest BCUT2D eigenvalue weighted by molar-refractivity contribution is -0.123. The highest BCUT2D eigenvalue weighted by Crippen LogP contribution is 2.40. The number of nitrogens with zero attached hydrogens (tertiary/aromatic N) is 1. The number of likely N-dealkylation sites (tertiary alicyclic amines) is 1. The summed E-state index contributed by atoms with van der Waals surface area (Å²) in [7, 11) is 0. The van der Waals surface area contributed by atoms with Crippen LogP contribution in [0.5, 0.6) is 0 Å². The summed E-state index contributed by atoms with van der Waals surface area (Å²) in [5.74, 6) is 0.742. The van der Waals surface area contributed by atoms with Crippen LogP contribution >= 0.6 is 0 Å². The quantitative estimate of drug-likeness (QED) is 0.775. The molecule has 1 aromatic rings. The van der Waals surface area contributed by atoms with Gasteiger partial charge >= 0.3 is 0 Å². The Labute approximate surface area is 138 Å². The van der Waals surface area contributed by atoms with Crippen LogP contribution in [0.2, 0.25) is 0 Å². The molecule has 0 bridgehead atoms. The molecule has 0 radical (unpaired) electrons. The largest absolute Gasteiger partial charge is 0.396 e. The molecule has 2 atom stereocenters. The van der Waals surface area contributed by atoms with E-state index in [1.54, 1.807) is 0 Å². The van der Waals surface area contributed by atoms with Crippen LogP contribution in [0.4, 0.5) is 0 Å². The number of rotatable bonds is 8. The van der Waals surface area contributed by atoms with Gasteiger partial charge in [-0.25, -0.2) is 0 Å². The summed E-state index contributed by atoms with van der Waals surface area (Å²) in [6, 6.07) is 11.0. The topological polar surface area (TPSA) is 52.6 Å². The van der Waals surface area contributed by atoms with Crippen molar-refractivity contribution in [2.24, 2.45) is 5.92 Å². The van der Waals surface area contributed by atoms with Gasteiger partial charge in [-0.2, -0.15) is 0 Å². The van der Waals surface area contributed by atoms with Gasteiger partial charge in [0, 0.05) is 12.6 Å². The number of nitrogens with one attached hydrogen (secondary N) is 1. The maximum Gasteiger partial charge on any atom is 0.234 e. The van der Waals surface area contributed by atoms with E-state index < -0.39 is 0 Å². The Kier molecular flexibility index (Phi) is 5.68. The zero-order valence-electron chi connectivity index (χ0n) is 13.8. The normalized spacial score (nSPS) is 22.9. The Hall–Kier alpha value is -1.39. The molecule has 2 N–H and O–H groups in total. The van der Waals surface area contributed by atoms with E-state index in [1.807, 2.05) is 18.2 Å². The summed E-state index contributed by atoms with van der Waals surface area (Å²) in [5.41, 5.74) is 1.22. The maximum atomic E-state index is 12.5. The molecule has 1 heterocycles. The first-order valence-electron chi connectivity index (χ1n) is 8.97. The summed E-state index contributed by atoms with van der Waals surface area (Å²) in [6.45, 7) is 1.74. The van der Waals surface area contributed by atoms with Crippen LogP contribution in [-0.2, 0) is 4.79 Å². The standard InChI is InChI=1S/C19H28N2O2/c22-13-5-9-17-8-4-12-21(17)14-18(23)20-19(16-10-11-16)15-6-2-1-3-7-15/h1-3,6-7,16-17,19,22H,4-5,8-14H2,(H,20,23). The van der Waals surface area contributed by atoms with Crippen LogP contribution in [0.25, 0.3) is 0 Å². The molecule has 1 saturated heterocycles. The van der Waals surface area contributed by atoms with E-state index in [0.717, 1.165) is 32.2 Å². The van der Waals surface area contributed by atoms with Crippen molar-refractivity contribution < 1.29 is 9.90 Å². The highest BCUT2D eigenvalue weighted by atomic mass is 16.3. The van der Waals surface area contributed by atoms with Gasteiger partial charge < -0.3 is 10.4 Å².